The number of nitrogens with zero attached hydrogens (tertiary/aromatic N) is 2. The van der Waals surface area contributed by atoms with Gasteiger partial charge in [0.2, 0.25) is 0 Å². The summed E-state index contributed by atoms with van der Waals surface area (Å²) in [7, 11) is 0. The Morgan fingerprint density at radius 2 is 2.19 bits per heavy atom. The largest absolute Gasteiger partial charge is 0.444 e. The molecular weight excluding hydrogens is 206 g/mol. The number of alkyl carbamates (subject to hydrolysis) is 1. The number of carbonyl (C=O) groups is 1. The van der Waals surface area contributed by atoms with Gasteiger partial charge >= 0.3 is 6.09 Å². The molecule has 0 spiro atoms. The van der Waals surface area contributed by atoms with Crippen molar-refractivity contribution in [1.29, 1.82) is 10.5 Å². The third kappa shape index (κ3) is 1.99. The molecule has 2 rings (SSSR count). The zero-order valence-corrected chi connectivity index (χ0v) is 8.64. The second-order valence-electron chi connectivity index (χ2n) is 4.07. The summed E-state index contributed by atoms with van der Waals surface area (Å²) in [4.78, 5) is 11.0. The predicted molar refractivity (Wildman–Crippen MR) is 53.8 cm³/mol. The summed E-state index contributed by atoms with van der Waals surface area (Å²) in [6.45, 7) is 0. The minimum atomic E-state index is -0.361. The summed E-state index contributed by atoms with van der Waals surface area (Å²) >= 11 is 0. The molecular formula is C11H11N3O2. The fraction of sp³-hybridized carbons (Fsp3) is 0.545. The van der Waals surface area contributed by atoms with Crippen LogP contribution in [-0.4, -0.2) is 18.2 Å². The van der Waals surface area contributed by atoms with E-state index >= 15 is 0 Å². The zero-order valence-electron chi connectivity index (χ0n) is 8.64. The Labute approximate surface area is 93.3 Å². The monoisotopic (exact) mass is 217 g/mol. The van der Waals surface area contributed by atoms with Gasteiger partial charge in [-0.2, -0.15) is 10.5 Å². The van der Waals surface area contributed by atoms with Crippen LogP contribution in [0.2, 0.25) is 0 Å². The first-order valence-corrected chi connectivity index (χ1v) is 5.22. The number of hydrogen-bond donors (Lipinski definition) is 1. The average molecular weight is 217 g/mol. The molecule has 1 saturated carbocycles. The van der Waals surface area contributed by atoms with Gasteiger partial charge in [-0.25, -0.2) is 4.79 Å². The lowest BCUT2D eigenvalue weighted by molar-refractivity contribution is 0.102. The standard InChI is InChI=1S/C11H11N3O2/c12-5-8(6-13)3-7-1-2-9-10(4-7)16-11(15)14-9/h3,7,9-10H,1-2,4H2,(H,14,15). The van der Waals surface area contributed by atoms with Crippen molar-refractivity contribution in [2.24, 2.45) is 5.92 Å². The quantitative estimate of drug-likeness (QED) is 0.669. The lowest BCUT2D eigenvalue weighted by Crippen LogP contribution is -2.36. The molecule has 0 aromatic heterocycles. The molecule has 1 aliphatic heterocycles. The van der Waals surface area contributed by atoms with Crippen molar-refractivity contribution in [3.05, 3.63) is 11.6 Å². The molecule has 5 nitrogen and oxygen atoms in total. The van der Waals surface area contributed by atoms with Gasteiger partial charge in [0, 0.05) is 0 Å². The number of rotatable bonds is 1. The minimum Gasteiger partial charge on any atom is -0.444 e. The van der Waals surface area contributed by atoms with E-state index < -0.39 is 0 Å². The van der Waals surface area contributed by atoms with E-state index in [0.29, 0.717) is 6.42 Å². The molecule has 16 heavy (non-hydrogen) atoms. The predicted octanol–water partition coefficient (Wildman–Crippen LogP) is 1.24. The van der Waals surface area contributed by atoms with Gasteiger partial charge < -0.3 is 10.1 Å². The van der Waals surface area contributed by atoms with E-state index in [1.165, 1.54) is 0 Å². The van der Waals surface area contributed by atoms with Crippen LogP contribution in [0.25, 0.3) is 0 Å². The second kappa shape index (κ2) is 4.24. The van der Waals surface area contributed by atoms with E-state index in [0.717, 1.165) is 12.8 Å². The Morgan fingerprint density at radius 1 is 1.44 bits per heavy atom. The SMILES string of the molecule is N#CC(C#N)=CC1CCC2NC(=O)OC2C1. The highest BCUT2D eigenvalue weighted by atomic mass is 16.6. The van der Waals surface area contributed by atoms with Crippen molar-refractivity contribution in [3.63, 3.8) is 0 Å². The van der Waals surface area contributed by atoms with Gasteiger partial charge in [-0.15, -0.1) is 0 Å². The third-order valence-electron chi connectivity index (χ3n) is 3.04. The van der Waals surface area contributed by atoms with Crippen LogP contribution in [0.4, 0.5) is 4.79 Å². The fourth-order valence-corrected chi connectivity index (χ4v) is 2.26. The molecule has 1 heterocycles. The van der Waals surface area contributed by atoms with E-state index in [9.17, 15) is 4.79 Å². The maximum atomic E-state index is 11.0. The molecule has 0 radical (unpaired) electrons. The molecule has 1 saturated heterocycles. The summed E-state index contributed by atoms with van der Waals surface area (Å²) in [5.41, 5.74) is 0.140. The highest BCUT2D eigenvalue weighted by Crippen LogP contribution is 2.31. The van der Waals surface area contributed by atoms with Crippen LogP contribution in [0, 0.1) is 28.6 Å². The Morgan fingerprint density at radius 3 is 2.88 bits per heavy atom. The first kappa shape index (κ1) is 10.5. The van der Waals surface area contributed by atoms with Crippen LogP contribution in [0.5, 0.6) is 0 Å². The van der Waals surface area contributed by atoms with Crippen LogP contribution in [0.3, 0.4) is 0 Å². The molecule has 0 bridgehead atoms. The van der Waals surface area contributed by atoms with E-state index in [1.54, 1.807) is 6.08 Å². The Kier molecular flexibility index (Phi) is 2.78. The number of fused-ring (bicyclic) bond motifs is 1. The van der Waals surface area contributed by atoms with Crippen molar-refractivity contribution < 1.29 is 9.53 Å². The summed E-state index contributed by atoms with van der Waals surface area (Å²) in [6, 6.07) is 3.79. The Hall–Kier alpha value is -2.01. The minimum absolute atomic E-state index is 0.102. The third-order valence-corrected chi connectivity index (χ3v) is 3.04. The van der Waals surface area contributed by atoms with Gasteiger partial charge in [0.25, 0.3) is 0 Å². The lowest BCUT2D eigenvalue weighted by Gasteiger charge is -2.27. The molecule has 1 N–H and O–H groups in total. The zero-order chi connectivity index (χ0) is 11.5. The summed E-state index contributed by atoms with van der Waals surface area (Å²) in [6.07, 6.45) is 3.61. The van der Waals surface area contributed by atoms with Gasteiger partial charge in [-0.1, -0.05) is 6.08 Å². The van der Waals surface area contributed by atoms with Crippen LogP contribution in [0.15, 0.2) is 11.6 Å². The number of nitrogens with one attached hydrogen (secondary N) is 1. The van der Waals surface area contributed by atoms with E-state index in [1.807, 2.05) is 12.1 Å². The molecule has 2 fully saturated rings. The maximum Gasteiger partial charge on any atom is 0.407 e. The normalized spacial score (nSPS) is 31.4. The van der Waals surface area contributed by atoms with Crippen LogP contribution >= 0.6 is 0 Å². The Balaban J connectivity index is 2.02. The number of ether oxygens (including phenoxy) is 1. The number of nitriles is 2. The van der Waals surface area contributed by atoms with E-state index in [2.05, 4.69) is 5.32 Å². The van der Waals surface area contributed by atoms with Gasteiger partial charge in [0.15, 0.2) is 0 Å². The molecule has 2 aliphatic rings. The van der Waals surface area contributed by atoms with Crippen molar-refractivity contribution in [2.75, 3.05) is 0 Å². The lowest BCUT2D eigenvalue weighted by atomic mass is 9.83. The van der Waals surface area contributed by atoms with Gasteiger partial charge in [0.05, 0.1) is 6.04 Å². The van der Waals surface area contributed by atoms with Gasteiger partial charge in [-0.3, -0.25) is 0 Å². The van der Waals surface area contributed by atoms with Crippen molar-refractivity contribution in [3.8, 4) is 12.1 Å². The average Bonchev–Trinajstić information content (AvgIpc) is 2.65. The number of amides is 1. The smallest absolute Gasteiger partial charge is 0.407 e. The molecule has 0 aromatic rings. The van der Waals surface area contributed by atoms with Crippen LogP contribution < -0.4 is 5.32 Å². The molecule has 3 atom stereocenters. The molecule has 3 unspecified atom stereocenters. The number of hydrogen-bond acceptors (Lipinski definition) is 4. The van der Waals surface area contributed by atoms with Crippen molar-refractivity contribution in [2.45, 2.75) is 31.4 Å². The van der Waals surface area contributed by atoms with E-state index in [-0.39, 0.29) is 29.7 Å². The van der Waals surface area contributed by atoms with E-state index in [4.69, 9.17) is 15.3 Å². The first-order chi connectivity index (χ1) is 7.72. The molecule has 1 amide bonds. The highest BCUT2D eigenvalue weighted by Gasteiger charge is 2.38. The summed E-state index contributed by atoms with van der Waals surface area (Å²) in [5, 5.41) is 20.0. The summed E-state index contributed by atoms with van der Waals surface area (Å²) < 4.78 is 5.10. The van der Waals surface area contributed by atoms with Crippen molar-refractivity contribution >= 4 is 6.09 Å². The van der Waals surface area contributed by atoms with Gasteiger partial charge in [0.1, 0.15) is 23.8 Å². The fourth-order valence-electron chi connectivity index (χ4n) is 2.26. The molecule has 5 heteroatoms. The topological polar surface area (TPSA) is 85.9 Å². The molecule has 0 aromatic carbocycles. The molecule has 82 valence electrons. The first-order valence-electron chi connectivity index (χ1n) is 5.22. The second-order valence-corrected chi connectivity index (χ2v) is 4.07. The summed E-state index contributed by atoms with van der Waals surface area (Å²) in [5.74, 6) is 0.156. The van der Waals surface area contributed by atoms with Crippen molar-refractivity contribution in [1.82, 2.24) is 5.32 Å². The maximum absolute atomic E-state index is 11.0. The van der Waals surface area contributed by atoms with Gasteiger partial charge in [-0.05, 0) is 25.2 Å². The number of carbonyl (C=O) groups excluding carboxylic acids is 1. The highest BCUT2D eigenvalue weighted by molar-refractivity contribution is 5.70. The van der Waals surface area contributed by atoms with Crippen LogP contribution in [-0.2, 0) is 4.74 Å². The van der Waals surface area contributed by atoms with Crippen LogP contribution in [0.1, 0.15) is 19.3 Å². The molecule has 1 aliphatic carbocycles. The Bertz CT molecular complexity index is 400. The number of allylic oxidation sites excluding steroid dienone is 2.